The molecule has 0 saturated heterocycles. The molecule has 6 N–H and O–H groups in total. The molecule has 0 aliphatic heterocycles. The van der Waals surface area contributed by atoms with Crippen LogP contribution in [-0.2, 0) is 53.0 Å². The number of carboxylic acid groups (broad SMARTS) is 1. The summed E-state index contributed by atoms with van der Waals surface area (Å²) in [6.45, 7) is 3.33. The molecular weight excluding hydrogens is 692 g/mol. The van der Waals surface area contributed by atoms with Crippen LogP contribution >= 0.6 is 0 Å². The summed E-state index contributed by atoms with van der Waals surface area (Å²) in [7, 11) is 0. The van der Waals surface area contributed by atoms with Gasteiger partial charge in [-0.1, -0.05) is 74.5 Å². The average molecular weight is 741 g/mol. The number of aromatic amines is 1. The maximum absolute atomic E-state index is 14.0. The topological polar surface area (TPSA) is 207 Å². The molecule has 13 heteroatoms. The molecule has 0 radical (unpaired) electrons. The Kier molecular flexibility index (Phi) is 15.3. The summed E-state index contributed by atoms with van der Waals surface area (Å²) in [5, 5.41) is 15.4. The third-order valence-corrected chi connectivity index (χ3v) is 8.86. The molecule has 0 unspecified atom stereocenters. The van der Waals surface area contributed by atoms with Crippen LogP contribution in [0.25, 0.3) is 10.9 Å². The molecule has 13 nitrogen and oxygen atoms in total. The van der Waals surface area contributed by atoms with Crippen LogP contribution in [0, 0.1) is 11.8 Å². The molecule has 3 amide bonds. The summed E-state index contributed by atoms with van der Waals surface area (Å²) >= 11 is 0. The number of benzene rings is 3. The van der Waals surface area contributed by atoms with Crippen LogP contribution in [-0.4, -0.2) is 64.2 Å². The number of hydrogen-bond acceptors (Lipinski definition) is 8. The van der Waals surface area contributed by atoms with Crippen LogP contribution in [0.4, 0.5) is 0 Å². The van der Waals surface area contributed by atoms with E-state index in [9.17, 15) is 28.8 Å². The normalized spacial score (nSPS) is 12.7. The third-order valence-electron chi connectivity index (χ3n) is 8.86. The van der Waals surface area contributed by atoms with E-state index in [0.717, 1.165) is 22.0 Å². The summed E-state index contributed by atoms with van der Waals surface area (Å²) < 4.78 is 10.6. The lowest BCUT2D eigenvalue weighted by atomic mass is 9.88. The molecule has 0 aliphatic carbocycles. The van der Waals surface area contributed by atoms with Gasteiger partial charge in [0.05, 0.1) is 6.04 Å². The van der Waals surface area contributed by atoms with E-state index < -0.39 is 60.1 Å². The summed E-state index contributed by atoms with van der Waals surface area (Å²) in [5.41, 5.74) is 8.92. The van der Waals surface area contributed by atoms with Crippen LogP contribution < -0.4 is 21.1 Å². The first kappa shape index (κ1) is 40.8. The third kappa shape index (κ3) is 13.2. The van der Waals surface area contributed by atoms with Crippen LogP contribution in [0.5, 0.6) is 5.75 Å². The first-order valence-electron chi connectivity index (χ1n) is 18.0. The lowest BCUT2D eigenvalue weighted by molar-refractivity contribution is -0.145. The van der Waals surface area contributed by atoms with Crippen LogP contribution in [0.2, 0.25) is 0 Å². The van der Waals surface area contributed by atoms with Crippen molar-refractivity contribution in [3.05, 3.63) is 102 Å². The number of amides is 3. The molecule has 286 valence electrons. The molecule has 0 fully saturated rings. The van der Waals surface area contributed by atoms with Gasteiger partial charge in [-0.15, -0.1) is 0 Å². The number of para-hydroxylation sites is 1. The number of H-pyrrole nitrogens is 1. The average Bonchev–Trinajstić information content (AvgIpc) is 3.57. The zero-order valence-corrected chi connectivity index (χ0v) is 30.5. The van der Waals surface area contributed by atoms with Gasteiger partial charge in [0.2, 0.25) is 17.7 Å². The number of rotatable bonds is 22. The molecule has 0 saturated carbocycles. The Balaban J connectivity index is 1.51. The number of fused-ring (bicyclic) bond motifs is 1. The van der Waals surface area contributed by atoms with Gasteiger partial charge in [-0.05, 0) is 66.5 Å². The summed E-state index contributed by atoms with van der Waals surface area (Å²) in [5.74, 6) is -4.28. The SMILES string of the molecule is CC(C)C[C@H](CC(=O)[C@H](Cc1ccc(OCC(=O)O)cc1)NC(=O)[C@H](CCC(=O)OCc1ccccc1)NC(=O)CCc1c[nH]c2ccccc12)C(N)=O. The van der Waals surface area contributed by atoms with Crippen molar-refractivity contribution in [2.75, 3.05) is 6.61 Å². The number of primary amides is 1. The smallest absolute Gasteiger partial charge is 0.341 e. The van der Waals surface area contributed by atoms with Gasteiger partial charge in [0.15, 0.2) is 12.4 Å². The number of nitrogens with two attached hydrogens (primary N) is 1. The summed E-state index contributed by atoms with van der Waals surface area (Å²) in [6, 6.07) is 20.9. The molecule has 0 aliphatic rings. The number of nitrogens with one attached hydrogen (secondary N) is 3. The largest absolute Gasteiger partial charge is 0.482 e. The van der Waals surface area contributed by atoms with Crippen molar-refractivity contribution in [2.45, 2.75) is 77.5 Å². The molecule has 0 spiro atoms. The zero-order chi connectivity index (χ0) is 39.0. The number of Topliss-reactive ketones (excluding diaryl/α,β-unsaturated/α-hetero) is 1. The van der Waals surface area contributed by atoms with Crippen LogP contribution in [0.1, 0.15) is 62.6 Å². The van der Waals surface area contributed by atoms with Crippen molar-refractivity contribution < 1.29 is 43.3 Å². The van der Waals surface area contributed by atoms with Gasteiger partial charge in [-0.3, -0.25) is 24.0 Å². The second-order valence-corrected chi connectivity index (χ2v) is 13.7. The molecular formula is C41H48N4O9. The summed E-state index contributed by atoms with van der Waals surface area (Å²) in [6.07, 6.45) is 2.15. The number of carboxylic acids is 1. The van der Waals surface area contributed by atoms with Gasteiger partial charge in [0.25, 0.3) is 0 Å². The summed E-state index contributed by atoms with van der Waals surface area (Å²) in [4.78, 5) is 80.3. The Labute approximate surface area is 314 Å². The molecule has 3 atom stereocenters. The van der Waals surface area contributed by atoms with Gasteiger partial charge >= 0.3 is 11.9 Å². The van der Waals surface area contributed by atoms with Gasteiger partial charge in [-0.25, -0.2) is 4.79 Å². The van der Waals surface area contributed by atoms with E-state index in [-0.39, 0.29) is 44.6 Å². The minimum absolute atomic E-state index is 0.0112. The number of aryl methyl sites for hydroxylation is 1. The van der Waals surface area contributed by atoms with E-state index in [0.29, 0.717) is 24.2 Å². The number of aromatic nitrogens is 1. The van der Waals surface area contributed by atoms with Crippen molar-refractivity contribution >= 4 is 46.3 Å². The lowest BCUT2D eigenvalue weighted by Gasteiger charge is -2.24. The highest BCUT2D eigenvalue weighted by Gasteiger charge is 2.30. The van der Waals surface area contributed by atoms with E-state index in [1.54, 1.807) is 24.3 Å². The highest BCUT2D eigenvalue weighted by Crippen LogP contribution is 2.21. The number of ketones is 1. The molecule has 4 rings (SSSR count). The standard InChI is InChI=1S/C41H48N4O9/c1-26(2)20-30(40(42)51)22-36(46)35(21-27-12-15-31(16-13-27)53-25-38(48)49)45-41(52)34(17-19-39(50)54-24-28-8-4-3-5-9-28)44-37(47)18-14-29-23-43-33-11-7-6-10-32(29)33/h3-13,15-16,23,26,30,34-35,43H,14,17-22,24-25H2,1-2H3,(H2,42,51)(H,44,47)(H,45,52)(H,48,49)/t30-,34+,35+/m1/s1. The maximum atomic E-state index is 14.0. The number of esters is 1. The highest BCUT2D eigenvalue weighted by molar-refractivity contribution is 5.95. The minimum Gasteiger partial charge on any atom is -0.482 e. The number of ether oxygens (including phenoxy) is 2. The monoisotopic (exact) mass is 740 g/mol. The highest BCUT2D eigenvalue weighted by atomic mass is 16.5. The number of aliphatic carboxylic acids is 1. The van der Waals surface area contributed by atoms with Gasteiger partial charge < -0.3 is 35.9 Å². The number of carbonyl (C=O) groups is 6. The van der Waals surface area contributed by atoms with E-state index in [2.05, 4.69) is 15.6 Å². The molecule has 0 bridgehead atoms. The van der Waals surface area contributed by atoms with E-state index in [1.807, 2.05) is 74.6 Å². The fourth-order valence-electron chi connectivity index (χ4n) is 6.07. The van der Waals surface area contributed by atoms with Crippen molar-refractivity contribution in [1.82, 2.24) is 15.6 Å². The first-order chi connectivity index (χ1) is 25.9. The predicted molar refractivity (Wildman–Crippen MR) is 201 cm³/mol. The zero-order valence-electron chi connectivity index (χ0n) is 30.5. The van der Waals surface area contributed by atoms with Crippen LogP contribution in [0.15, 0.2) is 85.1 Å². The van der Waals surface area contributed by atoms with Crippen molar-refractivity contribution in [3.63, 3.8) is 0 Å². The molecule has 1 heterocycles. The lowest BCUT2D eigenvalue weighted by Crippen LogP contribution is -2.52. The first-order valence-corrected chi connectivity index (χ1v) is 18.0. The van der Waals surface area contributed by atoms with Crippen molar-refractivity contribution in [3.8, 4) is 5.75 Å². The molecule has 1 aromatic heterocycles. The van der Waals surface area contributed by atoms with Gasteiger partial charge in [0.1, 0.15) is 18.4 Å². The van der Waals surface area contributed by atoms with E-state index in [1.165, 1.54) is 0 Å². The van der Waals surface area contributed by atoms with Crippen molar-refractivity contribution in [2.24, 2.45) is 17.6 Å². The maximum Gasteiger partial charge on any atom is 0.341 e. The quantitative estimate of drug-likeness (QED) is 0.0723. The molecule has 54 heavy (non-hydrogen) atoms. The van der Waals surface area contributed by atoms with E-state index >= 15 is 0 Å². The number of hydrogen-bond donors (Lipinski definition) is 5. The van der Waals surface area contributed by atoms with Gasteiger partial charge in [0, 0.05) is 42.3 Å². The second-order valence-electron chi connectivity index (χ2n) is 13.7. The Morgan fingerprint density at radius 2 is 1.54 bits per heavy atom. The minimum atomic E-state index is -1.20. The number of carbonyl (C=O) groups excluding carboxylic acids is 5. The fourth-order valence-corrected chi connectivity index (χ4v) is 6.07. The second kappa shape index (κ2) is 20.3. The van der Waals surface area contributed by atoms with Crippen LogP contribution in [0.3, 0.4) is 0 Å². The Morgan fingerprint density at radius 3 is 2.22 bits per heavy atom. The molecule has 4 aromatic rings. The fraction of sp³-hybridized carbons (Fsp3) is 0.366. The molecule has 3 aromatic carbocycles. The Hall–Kier alpha value is -5.98. The Bertz CT molecular complexity index is 1890. The van der Waals surface area contributed by atoms with E-state index in [4.69, 9.17) is 20.3 Å². The van der Waals surface area contributed by atoms with Crippen molar-refractivity contribution in [1.29, 1.82) is 0 Å². The Morgan fingerprint density at radius 1 is 0.833 bits per heavy atom. The van der Waals surface area contributed by atoms with Gasteiger partial charge in [-0.2, -0.15) is 0 Å². The predicted octanol–water partition coefficient (Wildman–Crippen LogP) is 4.41.